The molecule has 0 aromatic heterocycles. The maximum absolute atomic E-state index is 10.9. The van der Waals surface area contributed by atoms with Gasteiger partial charge in [0.05, 0.1) is 5.92 Å². The molecule has 0 saturated heterocycles. The Kier molecular flexibility index (Phi) is 5.40. The predicted octanol–water partition coefficient (Wildman–Crippen LogP) is -0.606. The number of carbonyl (C=O) groups excluding carboxylic acids is 2. The standard InChI is InChI=1S/C6H11ClN2O3/c1-4(2-7)6(11)9-12-3-5(8)10/h4H,2-3H2,1H3,(H2,8,10)(H,9,11). The number of amides is 2. The van der Waals surface area contributed by atoms with E-state index in [1.54, 1.807) is 6.92 Å². The van der Waals surface area contributed by atoms with E-state index in [1.165, 1.54) is 0 Å². The van der Waals surface area contributed by atoms with Gasteiger partial charge < -0.3 is 5.73 Å². The van der Waals surface area contributed by atoms with Gasteiger partial charge in [-0.3, -0.25) is 14.4 Å². The number of primary amides is 1. The van der Waals surface area contributed by atoms with Crippen molar-refractivity contribution in [2.75, 3.05) is 12.5 Å². The van der Waals surface area contributed by atoms with Crippen LogP contribution in [-0.2, 0) is 14.4 Å². The van der Waals surface area contributed by atoms with Crippen LogP contribution in [0.15, 0.2) is 0 Å². The quantitative estimate of drug-likeness (QED) is 0.453. The Bertz CT molecular complexity index is 174. The minimum Gasteiger partial charge on any atom is -0.368 e. The van der Waals surface area contributed by atoms with Gasteiger partial charge in [-0.25, -0.2) is 5.48 Å². The molecule has 6 heteroatoms. The second-order valence-corrected chi connectivity index (χ2v) is 2.59. The second kappa shape index (κ2) is 5.79. The lowest BCUT2D eigenvalue weighted by Gasteiger charge is -2.07. The highest BCUT2D eigenvalue weighted by molar-refractivity contribution is 6.19. The molecule has 1 unspecified atom stereocenters. The van der Waals surface area contributed by atoms with Crippen LogP contribution in [0.4, 0.5) is 0 Å². The molecule has 0 aliphatic heterocycles. The number of hydrogen-bond acceptors (Lipinski definition) is 3. The molecule has 0 radical (unpaired) electrons. The van der Waals surface area contributed by atoms with Crippen molar-refractivity contribution in [2.45, 2.75) is 6.92 Å². The molecular formula is C6H11ClN2O3. The van der Waals surface area contributed by atoms with E-state index >= 15 is 0 Å². The molecule has 70 valence electrons. The largest absolute Gasteiger partial charge is 0.368 e. The van der Waals surface area contributed by atoms with Gasteiger partial charge in [0.25, 0.3) is 0 Å². The van der Waals surface area contributed by atoms with Crippen molar-refractivity contribution in [3.8, 4) is 0 Å². The highest BCUT2D eigenvalue weighted by Gasteiger charge is 2.10. The summed E-state index contributed by atoms with van der Waals surface area (Å²) in [7, 11) is 0. The van der Waals surface area contributed by atoms with Crippen LogP contribution >= 0.6 is 11.6 Å². The van der Waals surface area contributed by atoms with Crippen LogP contribution in [0.25, 0.3) is 0 Å². The molecule has 0 rings (SSSR count). The van der Waals surface area contributed by atoms with E-state index in [0.717, 1.165) is 0 Å². The molecule has 5 nitrogen and oxygen atoms in total. The molecule has 12 heavy (non-hydrogen) atoms. The SMILES string of the molecule is CC(CCl)C(=O)NOCC(N)=O. The van der Waals surface area contributed by atoms with Crippen LogP contribution < -0.4 is 11.2 Å². The molecule has 0 aromatic carbocycles. The molecule has 0 aromatic rings. The third-order valence-corrected chi connectivity index (χ3v) is 1.53. The lowest BCUT2D eigenvalue weighted by atomic mass is 10.2. The van der Waals surface area contributed by atoms with Gasteiger partial charge in [0.1, 0.15) is 0 Å². The van der Waals surface area contributed by atoms with Gasteiger partial charge in [-0.2, -0.15) is 0 Å². The van der Waals surface area contributed by atoms with Crippen molar-refractivity contribution in [3.05, 3.63) is 0 Å². The topological polar surface area (TPSA) is 81.4 Å². The van der Waals surface area contributed by atoms with Crippen LogP contribution in [0.5, 0.6) is 0 Å². The van der Waals surface area contributed by atoms with Crippen LogP contribution in [0.2, 0.25) is 0 Å². The fourth-order valence-electron chi connectivity index (χ4n) is 0.349. The zero-order chi connectivity index (χ0) is 9.56. The van der Waals surface area contributed by atoms with Gasteiger partial charge in [-0.1, -0.05) is 6.92 Å². The number of alkyl halides is 1. The van der Waals surface area contributed by atoms with Crippen LogP contribution in [-0.4, -0.2) is 24.3 Å². The fourth-order valence-corrected chi connectivity index (χ4v) is 0.489. The van der Waals surface area contributed by atoms with E-state index in [1.807, 2.05) is 5.48 Å². The Labute approximate surface area is 75.1 Å². The number of halogens is 1. The van der Waals surface area contributed by atoms with Crippen molar-refractivity contribution in [2.24, 2.45) is 11.7 Å². The summed E-state index contributed by atoms with van der Waals surface area (Å²) in [5.74, 6) is -1.16. The average Bonchev–Trinajstić information content (AvgIpc) is 2.02. The highest BCUT2D eigenvalue weighted by Crippen LogP contribution is 1.96. The normalized spacial score (nSPS) is 12.2. The monoisotopic (exact) mass is 194 g/mol. The third-order valence-electron chi connectivity index (χ3n) is 1.07. The lowest BCUT2D eigenvalue weighted by Crippen LogP contribution is -2.33. The Hall–Kier alpha value is -0.810. The first kappa shape index (κ1) is 11.2. The van der Waals surface area contributed by atoms with Gasteiger partial charge in [-0.05, 0) is 0 Å². The Morgan fingerprint density at radius 1 is 1.67 bits per heavy atom. The first-order chi connectivity index (χ1) is 5.57. The summed E-state index contributed by atoms with van der Waals surface area (Å²) >= 11 is 5.38. The molecule has 0 bridgehead atoms. The van der Waals surface area contributed by atoms with E-state index in [-0.39, 0.29) is 24.3 Å². The van der Waals surface area contributed by atoms with Crippen molar-refractivity contribution >= 4 is 23.4 Å². The van der Waals surface area contributed by atoms with Gasteiger partial charge in [-0.15, -0.1) is 11.6 Å². The van der Waals surface area contributed by atoms with Crippen LogP contribution in [0.1, 0.15) is 6.92 Å². The van der Waals surface area contributed by atoms with Crippen molar-refractivity contribution in [3.63, 3.8) is 0 Å². The zero-order valence-electron chi connectivity index (χ0n) is 6.67. The number of carbonyl (C=O) groups is 2. The molecule has 2 amide bonds. The van der Waals surface area contributed by atoms with E-state index in [0.29, 0.717) is 0 Å². The second-order valence-electron chi connectivity index (χ2n) is 2.28. The minimum absolute atomic E-state index is 0.200. The van der Waals surface area contributed by atoms with Crippen LogP contribution in [0, 0.1) is 5.92 Å². The minimum atomic E-state index is -0.645. The predicted molar refractivity (Wildman–Crippen MR) is 43.2 cm³/mol. The maximum Gasteiger partial charge on any atom is 0.247 e. The molecule has 0 aliphatic rings. The van der Waals surface area contributed by atoms with Gasteiger partial charge in [0.2, 0.25) is 11.8 Å². The smallest absolute Gasteiger partial charge is 0.247 e. The van der Waals surface area contributed by atoms with E-state index in [9.17, 15) is 9.59 Å². The summed E-state index contributed by atoms with van der Waals surface area (Å²) in [5.41, 5.74) is 6.79. The first-order valence-electron chi connectivity index (χ1n) is 3.33. The molecule has 0 saturated carbocycles. The number of hydrogen-bond donors (Lipinski definition) is 2. The van der Waals surface area contributed by atoms with E-state index < -0.39 is 5.91 Å². The Morgan fingerprint density at radius 2 is 2.25 bits per heavy atom. The molecule has 3 N–H and O–H groups in total. The lowest BCUT2D eigenvalue weighted by molar-refractivity contribution is -0.140. The molecule has 0 heterocycles. The van der Waals surface area contributed by atoms with Crippen molar-refractivity contribution in [1.29, 1.82) is 0 Å². The first-order valence-corrected chi connectivity index (χ1v) is 3.87. The molecular weight excluding hydrogens is 184 g/mol. The number of rotatable bonds is 5. The molecule has 0 fully saturated rings. The molecule has 1 atom stereocenters. The van der Waals surface area contributed by atoms with Crippen molar-refractivity contribution in [1.82, 2.24) is 5.48 Å². The Balaban J connectivity index is 3.50. The zero-order valence-corrected chi connectivity index (χ0v) is 7.43. The van der Waals surface area contributed by atoms with Gasteiger partial charge in [0, 0.05) is 5.88 Å². The number of hydroxylamine groups is 1. The maximum atomic E-state index is 10.9. The summed E-state index contributed by atoms with van der Waals surface area (Å²) in [5, 5.41) is 0. The number of nitrogens with one attached hydrogen (secondary N) is 1. The summed E-state index contributed by atoms with van der Waals surface area (Å²) in [6.07, 6.45) is 0. The van der Waals surface area contributed by atoms with E-state index in [2.05, 4.69) is 4.84 Å². The summed E-state index contributed by atoms with van der Waals surface area (Å²) < 4.78 is 0. The van der Waals surface area contributed by atoms with Crippen LogP contribution in [0.3, 0.4) is 0 Å². The van der Waals surface area contributed by atoms with Gasteiger partial charge in [0.15, 0.2) is 6.61 Å². The van der Waals surface area contributed by atoms with Gasteiger partial charge >= 0.3 is 0 Å². The fraction of sp³-hybridized carbons (Fsp3) is 0.667. The van der Waals surface area contributed by atoms with Crippen molar-refractivity contribution < 1.29 is 14.4 Å². The summed E-state index contributed by atoms with van der Waals surface area (Å²) in [6, 6.07) is 0. The molecule has 0 aliphatic carbocycles. The average molecular weight is 195 g/mol. The summed E-state index contributed by atoms with van der Waals surface area (Å²) in [4.78, 5) is 25.5. The third kappa shape index (κ3) is 4.92. The highest BCUT2D eigenvalue weighted by atomic mass is 35.5. The van der Waals surface area contributed by atoms with E-state index in [4.69, 9.17) is 17.3 Å². The number of nitrogens with two attached hydrogens (primary N) is 1. The summed E-state index contributed by atoms with van der Waals surface area (Å²) in [6.45, 7) is 1.30. The Morgan fingerprint density at radius 3 is 2.67 bits per heavy atom. The molecule has 0 spiro atoms.